The second-order valence-electron chi connectivity index (χ2n) is 5.81. The van der Waals surface area contributed by atoms with Crippen molar-refractivity contribution in [2.24, 2.45) is 0 Å². The molecular weight excluding hydrogens is 268 g/mol. The monoisotopic (exact) mass is 292 g/mol. The van der Waals surface area contributed by atoms with Gasteiger partial charge in [-0.25, -0.2) is 0 Å². The van der Waals surface area contributed by atoms with E-state index in [1.807, 2.05) is 43.9 Å². The van der Waals surface area contributed by atoms with Crippen LogP contribution in [0.5, 0.6) is 0 Å². The van der Waals surface area contributed by atoms with Crippen molar-refractivity contribution < 1.29 is 14.6 Å². The van der Waals surface area contributed by atoms with Gasteiger partial charge in [0.05, 0.1) is 25.4 Å². The van der Waals surface area contributed by atoms with Crippen molar-refractivity contribution >= 4 is 11.6 Å². The van der Waals surface area contributed by atoms with Crippen LogP contribution < -0.4 is 5.32 Å². The molecule has 1 aromatic rings. The molecule has 1 aliphatic rings. The van der Waals surface area contributed by atoms with Crippen molar-refractivity contribution in [3.05, 3.63) is 29.3 Å². The SMILES string of the molecule is Cc1ccc(NC(=O)CN2CC(C)OC(CO)C2)c(C)c1. The topological polar surface area (TPSA) is 61.8 Å². The first-order chi connectivity index (χ1) is 9.97. The first-order valence-electron chi connectivity index (χ1n) is 7.33. The van der Waals surface area contributed by atoms with Gasteiger partial charge in [0.1, 0.15) is 0 Å². The summed E-state index contributed by atoms with van der Waals surface area (Å²) >= 11 is 0. The molecule has 2 unspecified atom stereocenters. The fourth-order valence-corrected chi connectivity index (χ4v) is 2.72. The molecule has 1 saturated heterocycles. The maximum absolute atomic E-state index is 12.2. The van der Waals surface area contributed by atoms with Crippen LogP contribution in [-0.4, -0.2) is 54.4 Å². The predicted octanol–water partition coefficient (Wildman–Crippen LogP) is 1.32. The van der Waals surface area contributed by atoms with Crippen LogP contribution >= 0.6 is 0 Å². The molecule has 116 valence electrons. The second-order valence-corrected chi connectivity index (χ2v) is 5.81. The standard InChI is InChI=1S/C16H24N2O3/c1-11-4-5-15(12(2)6-11)17-16(20)9-18-7-13(3)21-14(8-18)10-19/h4-6,13-14,19H,7-10H2,1-3H3,(H,17,20). The highest BCUT2D eigenvalue weighted by molar-refractivity contribution is 5.93. The number of aliphatic hydroxyl groups is 1. The Kier molecular flexibility index (Phi) is 5.33. The Labute approximate surface area is 125 Å². The molecule has 1 aromatic carbocycles. The number of carbonyl (C=O) groups excluding carboxylic acids is 1. The summed E-state index contributed by atoms with van der Waals surface area (Å²) in [6.07, 6.45) is -0.174. The van der Waals surface area contributed by atoms with E-state index >= 15 is 0 Å². The van der Waals surface area contributed by atoms with Gasteiger partial charge in [0.25, 0.3) is 0 Å². The van der Waals surface area contributed by atoms with E-state index in [1.165, 1.54) is 5.56 Å². The molecule has 2 rings (SSSR count). The summed E-state index contributed by atoms with van der Waals surface area (Å²) in [6, 6.07) is 5.97. The number of ether oxygens (including phenoxy) is 1. The summed E-state index contributed by atoms with van der Waals surface area (Å²) < 4.78 is 5.57. The third-order valence-corrected chi connectivity index (χ3v) is 3.63. The maximum atomic E-state index is 12.2. The molecule has 0 spiro atoms. The van der Waals surface area contributed by atoms with Crippen LogP contribution in [0.1, 0.15) is 18.1 Å². The van der Waals surface area contributed by atoms with E-state index in [0.717, 1.165) is 11.3 Å². The minimum atomic E-state index is -0.206. The highest BCUT2D eigenvalue weighted by atomic mass is 16.5. The van der Waals surface area contributed by atoms with Gasteiger partial charge in [0.15, 0.2) is 0 Å². The molecule has 5 nitrogen and oxygen atoms in total. The lowest BCUT2D eigenvalue weighted by Crippen LogP contribution is -2.50. The molecule has 0 aromatic heterocycles. The average Bonchev–Trinajstić information content (AvgIpc) is 2.41. The number of aliphatic hydroxyl groups excluding tert-OH is 1. The molecule has 0 saturated carbocycles. The van der Waals surface area contributed by atoms with Gasteiger partial charge >= 0.3 is 0 Å². The summed E-state index contributed by atoms with van der Waals surface area (Å²) in [7, 11) is 0. The van der Waals surface area contributed by atoms with Crippen molar-refractivity contribution in [1.29, 1.82) is 0 Å². The van der Waals surface area contributed by atoms with Crippen molar-refractivity contribution in [2.75, 3.05) is 31.6 Å². The number of hydrogen-bond donors (Lipinski definition) is 2. The number of hydrogen-bond acceptors (Lipinski definition) is 4. The maximum Gasteiger partial charge on any atom is 0.238 e. The number of rotatable bonds is 4. The van der Waals surface area contributed by atoms with Crippen LogP contribution in [0.15, 0.2) is 18.2 Å². The van der Waals surface area contributed by atoms with Crippen molar-refractivity contribution in [3.63, 3.8) is 0 Å². The fraction of sp³-hybridized carbons (Fsp3) is 0.562. The van der Waals surface area contributed by atoms with Gasteiger partial charge in [-0.1, -0.05) is 17.7 Å². The number of nitrogens with one attached hydrogen (secondary N) is 1. The summed E-state index contributed by atoms with van der Waals surface area (Å²) in [6.45, 7) is 7.57. The lowest BCUT2D eigenvalue weighted by Gasteiger charge is -2.35. The van der Waals surface area contributed by atoms with Crippen LogP contribution in [0.25, 0.3) is 0 Å². The van der Waals surface area contributed by atoms with E-state index in [2.05, 4.69) is 5.32 Å². The van der Waals surface area contributed by atoms with E-state index in [1.54, 1.807) is 0 Å². The average molecular weight is 292 g/mol. The smallest absolute Gasteiger partial charge is 0.238 e. The van der Waals surface area contributed by atoms with Gasteiger partial charge in [0, 0.05) is 18.8 Å². The Morgan fingerprint density at radius 2 is 2.19 bits per heavy atom. The van der Waals surface area contributed by atoms with Crippen LogP contribution in [0.3, 0.4) is 0 Å². The van der Waals surface area contributed by atoms with Crippen LogP contribution in [0.2, 0.25) is 0 Å². The molecule has 0 aliphatic carbocycles. The number of anilines is 1. The number of aryl methyl sites for hydroxylation is 2. The van der Waals surface area contributed by atoms with Crippen LogP contribution in [0.4, 0.5) is 5.69 Å². The molecule has 0 radical (unpaired) electrons. The number of benzene rings is 1. The van der Waals surface area contributed by atoms with Gasteiger partial charge in [-0.2, -0.15) is 0 Å². The molecule has 1 fully saturated rings. The van der Waals surface area contributed by atoms with Crippen LogP contribution in [0, 0.1) is 13.8 Å². The number of carbonyl (C=O) groups is 1. The zero-order chi connectivity index (χ0) is 15.4. The molecule has 2 N–H and O–H groups in total. The molecule has 5 heteroatoms. The molecule has 1 amide bonds. The van der Waals surface area contributed by atoms with E-state index < -0.39 is 0 Å². The molecule has 0 bridgehead atoms. The van der Waals surface area contributed by atoms with Crippen molar-refractivity contribution in [1.82, 2.24) is 4.90 Å². The third-order valence-electron chi connectivity index (χ3n) is 3.63. The Morgan fingerprint density at radius 1 is 1.43 bits per heavy atom. The van der Waals surface area contributed by atoms with E-state index in [9.17, 15) is 9.90 Å². The van der Waals surface area contributed by atoms with E-state index in [0.29, 0.717) is 19.6 Å². The Hall–Kier alpha value is -1.43. The third kappa shape index (κ3) is 4.52. The lowest BCUT2D eigenvalue weighted by molar-refractivity contribution is -0.124. The fourth-order valence-electron chi connectivity index (χ4n) is 2.72. The Bertz CT molecular complexity index is 504. The van der Waals surface area contributed by atoms with Gasteiger partial charge in [-0.15, -0.1) is 0 Å². The normalized spacial score (nSPS) is 23.0. The first-order valence-corrected chi connectivity index (χ1v) is 7.33. The molecule has 2 atom stereocenters. The van der Waals surface area contributed by atoms with Gasteiger partial charge in [0.2, 0.25) is 5.91 Å². The van der Waals surface area contributed by atoms with E-state index in [-0.39, 0.29) is 24.7 Å². The summed E-state index contributed by atoms with van der Waals surface area (Å²) in [4.78, 5) is 14.2. The van der Waals surface area contributed by atoms with Gasteiger partial charge in [-0.3, -0.25) is 9.69 Å². The van der Waals surface area contributed by atoms with Gasteiger partial charge in [-0.05, 0) is 32.4 Å². The molecule has 1 heterocycles. The largest absolute Gasteiger partial charge is 0.394 e. The summed E-state index contributed by atoms with van der Waals surface area (Å²) in [5.41, 5.74) is 3.09. The first kappa shape index (κ1) is 15.9. The van der Waals surface area contributed by atoms with Crippen molar-refractivity contribution in [2.45, 2.75) is 33.0 Å². The highest BCUT2D eigenvalue weighted by Crippen LogP contribution is 2.16. The quantitative estimate of drug-likeness (QED) is 0.879. The zero-order valence-corrected chi connectivity index (χ0v) is 12.9. The van der Waals surface area contributed by atoms with E-state index in [4.69, 9.17) is 4.74 Å². The zero-order valence-electron chi connectivity index (χ0n) is 12.9. The highest BCUT2D eigenvalue weighted by Gasteiger charge is 2.25. The van der Waals surface area contributed by atoms with Gasteiger partial charge < -0.3 is 15.2 Å². The molecular formula is C16H24N2O3. The second kappa shape index (κ2) is 7.02. The minimum absolute atomic E-state index is 0.0144. The predicted molar refractivity (Wildman–Crippen MR) is 82.4 cm³/mol. The molecule has 21 heavy (non-hydrogen) atoms. The summed E-state index contributed by atoms with van der Waals surface area (Å²) in [5, 5.41) is 12.2. The number of amides is 1. The lowest BCUT2D eigenvalue weighted by atomic mass is 10.1. The Balaban J connectivity index is 1.92. The van der Waals surface area contributed by atoms with Crippen molar-refractivity contribution in [3.8, 4) is 0 Å². The number of nitrogens with zero attached hydrogens (tertiary/aromatic N) is 1. The van der Waals surface area contributed by atoms with Crippen LogP contribution in [-0.2, 0) is 9.53 Å². The minimum Gasteiger partial charge on any atom is -0.394 e. The molecule has 1 aliphatic heterocycles. The number of morpholine rings is 1. The Morgan fingerprint density at radius 3 is 2.86 bits per heavy atom. The summed E-state index contributed by atoms with van der Waals surface area (Å²) in [5.74, 6) is -0.0345.